The second-order valence-electron chi connectivity index (χ2n) is 7.16. The average Bonchev–Trinajstić information content (AvgIpc) is 2.32. The van der Waals surface area contributed by atoms with Crippen molar-refractivity contribution in [2.45, 2.75) is 64.5 Å². The summed E-state index contributed by atoms with van der Waals surface area (Å²) in [5.74, 6) is -0.264. The molecular weight excluding hydrogens is 312 g/mol. The summed E-state index contributed by atoms with van der Waals surface area (Å²) in [6, 6.07) is 2.22. The molecule has 130 valence electrons. The van der Waals surface area contributed by atoms with E-state index < -0.39 is 16.6 Å². The summed E-state index contributed by atoms with van der Waals surface area (Å²) in [6.45, 7) is 12.2. The first kappa shape index (κ1) is 21.5. The van der Waals surface area contributed by atoms with Crippen molar-refractivity contribution in [2.75, 3.05) is 20.1 Å². The van der Waals surface area contributed by atoms with Gasteiger partial charge in [-0.05, 0) is 71.6 Å². The van der Waals surface area contributed by atoms with Crippen LogP contribution in [0.2, 0.25) is 38.3 Å². The molecule has 0 fully saturated rings. The number of amides is 1. The molecular formula is C15H34N2O3Si2. The zero-order chi connectivity index (χ0) is 17.2. The molecule has 0 heterocycles. The Bertz CT molecular complexity index is 361. The third-order valence-corrected chi connectivity index (χ3v) is 11.0. The second-order valence-corrected chi connectivity index (χ2v) is 16.0. The number of ketones is 1. The van der Waals surface area contributed by atoms with E-state index in [9.17, 15) is 9.59 Å². The van der Waals surface area contributed by atoms with Gasteiger partial charge in [0.25, 0.3) is 0 Å². The Labute approximate surface area is 137 Å². The summed E-state index contributed by atoms with van der Waals surface area (Å²) in [7, 11) is -1.29. The molecule has 1 amide bonds. The molecule has 0 saturated carbocycles. The lowest BCUT2D eigenvalue weighted by Crippen LogP contribution is -2.44. The minimum atomic E-state index is -1.68. The normalized spacial score (nSPS) is 12.3. The summed E-state index contributed by atoms with van der Waals surface area (Å²) in [6.07, 6.45) is 2.08. The predicted molar refractivity (Wildman–Crippen MR) is 97.1 cm³/mol. The van der Waals surface area contributed by atoms with Gasteiger partial charge >= 0.3 is 0 Å². The standard InChI is InChI=1S/C15H34N2O3Si2/c1-14(18)13-15(19)17-10-8-12-22(5,6)20-21(3,4)11-7-9-16-2/h16H,7-13H2,1-6H3,(H,17,19). The number of carbonyl (C=O) groups is 2. The van der Waals surface area contributed by atoms with Crippen LogP contribution in [0.1, 0.15) is 26.2 Å². The highest BCUT2D eigenvalue weighted by atomic mass is 28.4. The third kappa shape index (κ3) is 12.1. The summed E-state index contributed by atoms with van der Waals surface area (Å²) in [5.41, 5.74) is 0. The first-order valence-corrected chi connectivity index (χ1v) is 14.4. The Morgan fingerprint density at radius 2 is 1.45 bits per heavy atom. The maximum atomic E-state index is 11.4. The van der Waals surface area contributed by atoms with Crippen molar-refractivity contribution in [2.24, 2.45) is 0 Å². The Hall–Kier alpha value is -0.506. The van der Waals surface area contributed by atoms with Crippen molar-refractivity contribution in [3.05, 3.63) is 0 Å². The predicted octanol–water partition coefficient (Wildman–Crippen LogP) is 2.51. The van der Waals surface area contributed by atoms with Crippen molar-refractivity contribution in [3.8, 4) is 0 Å². The molecule has 0 unspecified atom stereocenters. The number of Topliss-reactive ketones (excluding diaryl/α,β-unsaturated/α-hetero) is 1. The molecule has 0 aliphatic rings. The van der Waals surface area contributed by atoms with Crippen LogP contribution in [0.25, 0.3) is 0 Å². The van der Waals surface area contributed by atoms with Gasteiger partial charge in [0.15, 0.2) is 16.6 Å². The van der Waals surface area contributed by atoms with E-state index >= 15 is 0 Å². The van der Waals surface area contributed by atoms with Crippen LogP contribution in [0.3, 0.4) is 0 Å². The Kier molecular flexibility index (Phi) is 10.1. The number of carbonyl (C=O) groups excluding carboxylic acids is 2. The van der Waals surface area contributed by atoms with E-state index in [0.29, 0.717) is 6.54 Å². The van der Waals surface area contributed by atoms with E-state index in [1.54, 1.807) is 0 Å². The minimum absolute atomic E-state index is 0.0112. The van der Waals surface area contributed by atoms with Gasteiger partial charge in [-0.3, -0.25) is 9.59 Å². The summed E-state index contributed by atoms with van der Waals surface area (Å²) >= 11 is 0. The largest absolute Gasteiger partial charge is 0.455 e. The van der Waals surface area contributed by atoms with Gasteiger partial charge in [-0.2, -0.15) is 0 Å². The topological polar surface area (TPSA) is 67.4 Å². The molecule has 0 aromatic rings. The number of rotatable bonds is 12. The number of hydrogen-bond acceptors (Lipinski definition) is 4. The highest BCUT2D eigenvalue weighted by Gasteiger charge is 2.32. The Morgan fingerprint density at radius 1 is 0.955 bits per heavy atom. The van der Waals surface area contributed by atoms with Crippen molar-refractivity contribution in [3.63, 3.8) is 0 Å². The van der Waals surface area contributed by atoms with E-state index in [0.717, 1.165) is 19.0 Å². The van der Waals surface area contributed by atoms with E-state index in [-0.39, 0.29) is 18.1 Å². The van der Waals surface area contributed by atoms with Crippen molar-refractivity contribution < 1.29 is 13.7 Å². The van der Waals surface area contributed by atoms with Crippen LogP contribution < -0.4 is 10.6 Å². The molecule has 0 atom stereocenters. The smallest absolute Gasteiger partial charge is 0.227 e. The molecule has 0 radical (unpaired) electrons. The molecule has 0 aliphatic carbocycles. The lowest BCUT2D eigenvalue weighted by atomic mass is 10.3. The van der Waals surface area contributed by atoms with Crippen LogP contribution in [0.5, 0.6) is 0 Å². The third-order valence-electron chi connectivity index (χ3n) is 3.45. The van der Waals surface area contributed by atoms with Crippen LogP contribution in [0, 0.1) is 0 Å². The zero-order valence-corrected chi connectivity index (χ0v) is 17.2. The van der Waals surface area contributed by atoms with Gasteiger partial charge in [0.1, 0.15) is 5.78 Å². The summed E-state index contributed by atoms with van der Waals surface area (Å²) in [5, 5.41) is 5.98. The quantitative estimate of drug-likeness (QED) is 0.324. The van der Waals surface area contributed by atoms with E-state index in [1.165, 1.54) is 19.4 Å². The van der Waals surface area contributed by atoms with Gasteiger partial charge < -0.3 is 14.7 Å². The van der Waals surface area contributed by atoms with Gasteiger partial charge in [0, 0.05) is 6.54 Å². The van der Waals surface area contributed by atoms with Crippen LogP contribution in [0.4, 0.5) is 0 Å². The van der Waals surface area contributed by atoms with Crippen LogP contribution in [-0.4, -0.2) is 48.5 Å². The maximum Gasteiger partial charge on any atom is 0.227 e. The van der Waals surface area contributed by atoms with Gasteiger partial charge in [-0.1, -0.05) is 0 Å². The van der Waals surface area contributed by atoms with E-state index in [4.69, 9.17) is 4.12 Å². The van der Waals surface area contributed by atoms with Gasteiger partial charge in [0.05, 0.1) is 6.42 Å². The molecule has 2 N–H and O–H groups in total. The second kappa shape index (κ2) is 10.3. The SMILES string of the molecule is CNCCC[Si](C)(C)O[Si](C)(C)CCCNC(=O)CC(C)=O. The minimum Gasteiger partial charge on any atom is -0.455 e. The molecule has 22 heavy (non-hydrogen) atoms. The van der Waals surface area contributed by atoms with Crippen molar-refractivity contribution in [1.82, 2.24) is 10.6 Å². The van der Waals surface area contributed by atoms with E-state index in [1.807, 2.05) is 7.05 Å². The lowest BCUT2D eigenvalue weighted by Gasteiger charge is -2.34. The average molecular weight is 347 g/mol. The fourth-order valence-electron chi connectivity index (χ4n) is 2.57. The van der Waals surface area contributed by atoms with Crippen LogP contribution >= 0.6 is 0 Å². The molecule has 0 spiro atoms. The fraction of sp³-hybridized carbons (Fsp3) is 0.867. The zero-order valence-electron chi connectivity index (χ0n) is 15.2. The maximum absolute atomic E-state index is 11.4. The fourth-order valence-corrected chi connectivity index (χ4v) is 11.4. The monoisotopic (exact) mass is 346 g/mol. The molecule has 0 aromatic carbocycles. The van der Waals surface area contributed by atoms with Crippen LogP contribution in [0.15, 0.2) is 0 Å². The van der Waals surface area contributed by atoms with Crippen molar-refractivity contribution >= 4 is 28.3 Å². The molecule has 0 aromatic heterocycles. The van der Waals surface area contributed by atoms with Gasteiger partial charge in [0.2, 0.25) is 5.91 Å². The Balaban J connectivity index is 4.02. The van der Waals surface area contributed by atoms with Gasteiger partial charge in [-0.25, -0.2) is 0 Å². The van der Waals surface area contributed by atoms with Gasteiger partial charge in [-0.15, -0.1) is 0 Å². The highest BCUT2D eigenvalue weighted by molar-refractivity contribution is 6.84. The Morgan fingerprint density at radius 3 is 1.91 bits per heavy atom. The molecule has 0 bridgehead atoms. The highest BCUT2D eigenvalue weighted by Crippen LogP contribution is 2.23. The summed E-state index contributed by atoms with van der Waals surface area (Å²) < 4.78 is 6.53. The molecule has 0 aliphatic heterocycles. The molecule has 5 nitrogen and oxygen atoms in total. The molecule has 0 saturated heterocycles. The van der Waals surface area contributed by atoms with Crippen LogP contribution in [-0.2, 0) is 13.7 Å². The van der Waals surface area contributed by atoms with Crippen molar-refractivity contribution in [1.29, 1.82) is 0 Å². The molecule has 0 rings (SSSR count). The lowest BCUT2D eigenvalue weighted by molar-refractivity contribution is -0.127. The summed E-state index contributed by atoms with van der Waals surface area (Å²) in [4.78, 5) is 22.2. The molecule has 7 heteroatoms. The number of hydrogen-bond donors (Lipinski definition) is 2. The first-order valence-electron chi connectivity index (χ1n) is 8.19. The number of nitrogens with one attached hydrogen (secondary N) is 2. The first-order chi connectivity index (χ1) is 10.1. The van der Waals surface area contributed by atoms with E-state index in [2.05, 4.69) is 36.8 Å².